The highest BCUT2D eigenvalue weighted by atomic mass is 35.5. The van der Waals surface area contributed by atoms with Crippen LogP contribution in [0.15, 0.2) is 54.7 Å². The van der Waals surface area contributed by atoms with E-state index in [9.17, 15) is 0 Å². The van der Waals surface area contributed by atoms with Gasteiger partial charge in [-0.1, -0.05) is 48.0 Å². The third-order valence-corrected chi connectivity index (χ3v) is 5.88. The normalized spacial score (nSPS) is 12.1. The molecule has 3 rings (SSSR count). The number of hydrogen-bond acceptors (Lipinski definition) is 2. The van der Waals surface area contributed by atoms with Crippen LogP contribution in [0.4, 0.5) is 0 Å². The van der Waals surface area contributed by atoms with Crippen molar-refractivity contribution in [3.05, 3.63) is 70.9 Å². The zero-order valence-electron chi connectivity index (χ0n) is 15.3. The minimum absolute atomic E-state index is 0.0980. The Hall–Kier alpha value is -1.69. The number of aromatic amines is 1. The molecule has 0 spiro atoms. The second-order valence-corrected chi connectivity index (χ2v) is 8.15. The molecule has 1 heterocycles. The molecule has 0 saturated heterocycles. The average molecular weight is 418 g/mol. The van der Waals surface area contributed by atoms with Crippen molar-refractivity contribution in [2.24, 2.45) is 0 Å². The van der Waals surface area contributed by atoms with Gasteiger partial charge < -0.3 is 15.6 Å². The number of hydrogen-bond donors (Lipinski definition) is 3. The summed E-state index contributed by atoms with van der Waals surface area (Å²) in [4.78, 5) is 3.37. The predicted octanol–water partition coefficient (Wildman–Crippen LogP) is 5.17. The zero-order chi connectivity index (χ0) is 19.1. The van der Waals surface area contributed by atoms with Gasteiger partial charge >= 0.3 is 0 Å². The van der Waals surface area contributed by atoms with Crippen molar-refractivity contribution < 1.29 is 0 Å². The van der Waals surface area contributed by atoms with E-state index >= 15 is 0 Å². The van der Waals surface area contributed by atoms with Crippen LogP contribution in [-0.4, -0.2) is 35.2 Å². The van der Waals surface area contributed by atoms with Crippen LogP contribution in [-0.2, 0) is 0 Å². The topological polar surface area (TPSA) is 39.8 Å². The van der Waals surface area contributed by atoms with Crippen LogP contribution in [0.1, 0.15) is 23.5 Å². The number of H-pyrrole nitrogens is 1. The van der Waals surface area contributed by atoms with E-state index in [1.165, 1.54) is 10.9 Å². The second-order valence-electron chi connectivity index (χ2n) is 6.35. The number of aromatic nitrogens is 1. The number of fused-ring (bicyclic) bond motifs is 1. The van der Waals surface area contributed by atoms with Crippen LogP contribution in [0, 0.1) is 0 Å². The van der Waals surface area contributed by atoms with Gasteiger partial charge in [0.25, 0.3) is 0 Å². The van der Waals surface area contributed by atoms with Gasteiger partial charge in [0.15, 0.2) is 5.11 Å². The third-order valence-electron chi connectivity index (χ3n) is 4.55. The molecular weight excluding hydrogens is 394 g/mol. The first-order valence-electron chi connectivity index (χ1n) is 9.01. The molecule has 0 unspecified atom stereocenters. The number of thiocarbonyl (C=S) groups is 1. The number of thioether (sulfide) groups is 1. The van der Waals surface area contributed by atoms with E-state index in [2.05, 4.69) is 52.3 Å². The molecule has 0 fully saturated rings. The number of nitrogens with one attached hydrogen (secondary N) is 3. The van der Waals surface area contributed by atoms with Gasteiger partial charge in [0.05, 0.1) is 0 Å². The molecule has 0 aliphatic rings. The molecule has 27 heavy (non-hydrogen) atoms. The lowest BCUT2D eigenvalue weighted by atomic mass is 9.91. The lowest BCUT2D eigenvalue weighted by molar-refractivity contribution is 0.738. The highest BCUT2D eigenvalue weighted by Crippen LogP contribution is 2.33. The fourth-order valence-corrected chi connectivity index (χ4v) is 4.09. The maximum atomic E-state index is 6.53. The van der Waals surface area contributed by atoms with Gasteiger partial charge in [-0.05, 0) is 53.9 Å². The summed E-state index contributed by atoms with van der Waals surface area (Å²) in [5, 5.41) is 9.34. The van der Waals surface area contributed by atoms with Crippen LogP contribution in [0.5, 0.6) is 0 Å². The molecule has 2 aromatic carbocycles. The van der Waals surface area contributed by atoms with Crippen molar-refractivity contribution in [1.82, 2.24) is 15.6 Å². The molecule has 1 aromatic heterocycles. The Morgan fingerprint density at radius 1 is 1.11 bits per heavy atom. The van der Waals surface area contributed by atoms with Crippen LogP contribution >= 0.6 is 35.6 Å². The zero-order valence-corrected chi connectivity index (χ0v) is 17.7. The molecule has 3 nitrogen and oxygen atoms in total. The third kappa shape index (κ3) is 5.18. The van der Waals surface area contributed by atoms with Crippen LogP contribution in [0.3, 0.4) is 0 Å². The molecule has 6 heteroatoms. The van der Waals surface area contributed by atoms with E-state index < -0.39 is 0 Å². The van der Waals surface area contributed by atoms with Crippen molar-refractivity contribution in [2.75, 3.05) is 25.1 Å². The Morgan fingerprint density at radius 2 is 1.89 bits per heavy atom. The molecule has 142 valence electrons. The van der Waals surface area contributed by atoms with Gasteiger partial charge in [-0.3, -0.25) is 0 Å². The number of benzene rings is 2. The van der Waals surface area contributed by atoms with Gasteiger partial charge in [-0.25, -0.2) is 0 Å². The summed E-state index contributed by atoms with van der Waals surface area (Å²) in [6.07, 6.45) is 5.29. The second kappa shape index (κ2) is 10.0. The van der Waals surface area contributed by atoms with Crippen molar-refractivity contribution >= 4 is 51.6 Å². The van der Waals surface area contributed by atoms with E-state index in [1.54, 1.807) is 0 Å². The number of halogens is 1. The van der Waals surface area contributed by atoms with Crippen LogP contribution < -0.4 is 10.6 Å². The minimum Gasteiger partial charge on any atom is -0.363 e. The molecule has 0 saturated carbocycles. The first-order chi connectivity index (χ1) is 13.2. The first-order valence-corrected chi connectivity index (χ1v) is 11.2. The van der Waals surface area contributed by atoms with Gasteiger partial charge in [0.1, 0.15) is 0 Å². The monoisotopic (exact) mass is 417 g/mol. The Bertz CT molecular complexity index is 894. The Balaban J connectivity index is 1.79. The molecule has 1 atom stereocenters. The summed E-state index contributed by atoms with van der Waals surface area (Å²) in [6, 6.07) is 16.4. The fourth-order valence-electron chi connectivity index (χ4n) is 3.20. The lowest BCUT2D eigenvalue weighted by Crippen LogP contribution is -2.38. The quantitative estimate of drug-likeness (QED) is 0.349. The first kappa shape index (κ1) is 20.1. The van der Waals surface area contributed by atoms with Gasteiger partial charge in [0.2, 0.25) is 0 Å². The maximum Gasteiger partial charge on any atom is 0.166 e. The Morgan fingerprint density at radius 3 is 2.70 bits per heavy atom. The SMILES string of the molecule is CSCCCNC(=S)NC[C@H](c1ccccc1Cl)c1c[nH]c2ccccc12. The molecule has 0 bridgehead atoms. The standard InChI is InChI=1S/C21H24ClN3S2/c1-27-12-6-11-23-21(26)25-14-17(15-7-2-4-9-19(15)22)18-13-24-20-10-5-3-8-16(18)20/h2-5,7-10,13,17,24H,6,11-12,14H2,1H3,(H2,23,25,26)/t17-/m1/s1. The van der Waals surface area contributed by atoms with E-state index in [1.807, 2.05) is 36.0 Å². The number of rotatable bonds is 8. The molecule has 0 radical (unpaired) electrons. The predicted molar refractivity (Wildman–Crippen MR) is 123 cm³/mol. The van der Waals surface area contributed by atoms with Gasteiger partial charge in [-0.15, -0.1) is 0 Å². The van der Waals surface area contributed by atoms with Gasteiger partial charge in [0, 0.05) is 41.1 Å². The Labute approximate surface area is 175 Å². The smallest absolute Gasteiger partial charge is 0.166 e. The van der Waals surface area contributed by atoms with Crippen molar-refractivity contribution in [2.45, 2.75) is 12.3 Å². The summed E-state index contributed by atoms with van der Waals surface area (Å²) >= 11 is 13.8. The average Bonchev–Trinajstić information content (AvgIpc) is 3.11. The molecule has 3 N–H and O–H groups in total. The summed E-state index contributed by atoms with van der Waals surface area (Å²) in [5.41, 5.74) is 3.44. The van der Waals surface area contributed by atoms with Crippen LogP contribution in [0.25, 0.3) is 10.9 Å². The van der Waals surface area contributed by atoms with E-state index in [-0.39, 0.29) is 5.92 Å². The summed E-state index contributed by atoms with van der Waals surface area (Å²) < 4.78 is 0. The van der Waals surface area contributed by atoms with E-state index in [0.29, 0.717) is 11.7 Å². The summed E-state index contributed by atoms with van der Waals surface area (Å²) in [5.74, 6) is 1.23. The highest BCUT2D eigenvalue weighted by Gasteiger charge is 2.20. The lowest BCUT2D eigenvalue weighted by Gasteiger charge is -2.20. The van der Waals surface area contributed by atoms with Crippen molar-refractivity contribution in [1.29, 1.82) is 0 Å². The fraction of sp³-hybridized carbons (Fsp3) is 0.286. The van der Waals surface area contributed by atoms with Crippen LogP contribution in [0.2, 0.25) is 5.02 Å². The van der Waals surface area contributed by atoms with Crippen molar-refractivity contribution in [3.8, 4) is 0 Å². The number of para-hydroxylation sites is 1. The van der Waals surface area contributed by atoms with Crippen molar-refractivity contribution in [3.63, 3.8) is 0 Å². The Kier molecular flexibility index (Phi) is 7.44. The molecular formula is C21H24ClN3S2. The minimum atomic E-state index is 0.0980. The maximum absolute atomic E-state index is 6.53. The van der Waals surface area contributed by atoms with E-state index in [4.69, 9.17) is 23.8 Å². The largest absolute Gasteiger partial charge is 0.363 e. The van der Waals surface area contributed by atoms with E-state index in [0.717, 1.165) is 34.8 Å². The molecule has 3 aromatic rings. The summed E-state index contributed by atoms with van der Waals surface area (Å²) in [7, 11) is 0. The molecule has 0 aliphatic carbocycles. The highest BCUT2D eigenvalue weighted by molar-refractivity contribution is 7.98. The summed E-state index contributed by atoms with van der Waals surface area (Å²) in [6.45, 7) is 1.57. The molecule has 0 aliphatic heterocycles. The molecule has 0 amide bonds. The van der Waals surface area contributed by atoms with Gasteiger partial charge in [-0.2, -0.15) is 11.8 Å².